The van der Waals surface area contributed by atoms with Crippen LogP contribution in [0.25, 0.3) is 11.4 Å². The van der Waals surface area contributed by atoms with Crippen LogP contribution in [-0.2, 0) is 16.1 Å². The third-order valence-electron chi connectivity index (χ3n) is 5.44. The first-order chi connectivity index (χ1) is 16.0. The van der Waals surface area contributed by atoms with Gasteiger partial charge in [-0.25, -0.2) is 4.98 Å². The molecule has 3 rings (SSSR count). The molecule has 1 aromatic heterocycles. The maximum atomic E-state index is 13.1. The number of anilines is 1. The molecule has 0 saturated heterocycles. The van der Waals surface area contributed by atoms with Crippen LogP contribution >= 0.6 is 11.8 Å². The van der Waals surface area contributed by atoms with Crippen molar-refractivity contribution >= 4 is 29.3 Å². The average Bonchev–Trinajstić information content (AvgIpc) is 3.08. The quantitative estimate of drug-likeness (QED) is 0.401. The Morgan fingerprint density at radius 2 is 1.71 bits per heavy atom. The van der Waals surface area contributed by atoms with E-state index >= 15 is 0 Å². The lowest BCUT2D eigenvalue weighted by molar-refractivity contribution is -0.138. The first kappa shape index (κ1) is 25.5. The Morgan fingerprint density at radius 3 is 2.26 bits per heavy atom. The maximum absolute atomic E-state index is 13.1. The fourth-order valence-corrected chi connectivity index (χ4v) is 4.62. The molecule has 1 heterocycles. The number of aryl methyl sites for hydroxylation is 2. The predicted octanol–water partition coefficient (Wildman–Crippen LogP) is 5.33. The molecule has 0 aliphatic rings. The highest BCUT2D eigenvalue weighted by molar-refractivity contribution is 8.01. The number of carboxylic acids is 1. The molecule has 0 atom stereocenters. The molecule has 2 N–H and O–H groups in total. The number of carbonyl (C=O) groups excluding carboxylic acids is 1. The lowest BCUT2D eigenvalue weighted by Crippen LogP contribution is -2.26. The minimum Gasteiger partial charge on any atom is -0.480 e. The number of rotatable bonds is 9. The summed E-state index contributed by atoms with van der Waals surface area (Å²) in [5, 5.41) is 12.4. The van der Waals surface area contributed by atoms with Gasteiger partial charge in [0, 0.05) is 35.5 Å². The zero-order valence-electron chi connectivity index (χ0n) is 20.4. The normalized spacial score (nSPS) is 11.5. The molecule has 7 nitrogen and oxygen atoms in total. The highest BCUT2D eigenvalue weighted by Gasteiger charge is 2.28. The van der Waals surface area contributed by atoms with Crippen LogP contribution < -0.4 is 5.32 Å². The molecule has 2 aromatic carbocycles. The zero-order chi connectivity index (χ0) is 25.0. The van der Waals surface area contributed by atoms with Gasteiger partial charge in [-0.3, -0.25) is 9.59 Å². The Bertz CT molecular complexity index is 1180. The molecule has 3 aromatic rings. The Kier molecular flexibility index (Phi) is 7.84. The van der Waals surface area contributed by atoms with Crippen LogP contribution in [-0.4, -0.2) is 45.0 Å². The standard InChI is InChI=1S/C26H31N3O4S/c1-16-13-17(2)15-20(14-16)27-24(30)22-18(3)29(11-12-33-6)23(28-22)19-7-9-21(10-8-19)34-26(4,5)25(31)32/h7-10,13-15H,11-12H2,1-6H3,(H,27,30)(H,31,32). The minimum absolute atomic E-state index is 0.268. The molecule has 0 unspecified atom stereocenters. The number of methoxy groups -OCH3 is 1. The number of nitrogens with one attached hydrogen (secondary N) is 1. The number of aromatic nitrogens is 2. The van der Waals surface area contributed by atoms with Crippen molar-refractivity contribution in [2.45, 2.75) is 50.8 Å². The van der Waals surface area contributed by atoms with E-state index in [0.29, 0.717) is 24.7 Å². The molecule has 180 valence electrons. The van der Waals surface area contributed by atoms with Crippen molar-refractivity contribution in [3.8, 4) is 11.4 Å². The summed E-state index contributed by atoms with van der Waals surface area (Å²) >= 11 is 1.28. The SMILES string of the molecule is COCCn1c(-c2ccc(SC(C)(C)C(=O)O)cc2)nc(C(=O)Nc2cc(C)cc(C)c2)c1C. The van der Waals surface area contributed by atoms with Gasteiger partial charge in [-0.15, -0.1) is 11.8 Å². The number of aliphatic carboxylic acids is 1. The van der Waals surface area contributed by atoms with Crippen LogP contribution in [0.5, 0.6) is 0 Å². The largest absolute Gasteiger partial charge is 0.480 e. The van der Waals surface area contributed by atoms with Crippen LogP contribution in [0.2, 0.25) is 0 Å². The van der Waals surface area contributed by atoms with Crippen LogP contribution in [0, 0.1) is 20.8 Å². The topological polar surface area (TPSA) is 93.4 Å². The first-order valence-corrected chi connectivity index (χ1v) is 11.8. The zero-order valence-corrected chi connectivity index (χ0v) is 21.2. The van der Waals surface area contributed by atoms with E-state index in [2.05, 4.69) is 11.4 Å². The molecule has 0 aliphatic heterocycles. The third-order valence-corrected chi connectivity index (χ3v) is 6.63. The van der Waals surface area contributed by atoms with Gasteiger partial charge in [0.1, 0.15) is 16.3 Å². The van der Waals surface area contributed by atoms with E-state index < -0.39 is 10.7 Å². The summed E-state index contributed by atoms with van der Waals surface area (Å²) in [5.41, 5.74) is 4.82. The molecule has 0 aliphatic carbocycles. The second-order valence-corrected chi connectivity index (χ2v) is 10.5. The highest BCUT2D eigenvalue weighted by Crippen LogP contribution is 2.34. The lowest BCUT2D eigenvalue weighted by atomic mass is 10.1. The Hall–Kier alpha value is -3.10. The molecule has 1 amide bonds. The molecule has 0 spiro atoms. The molecule has 0 bridgehead atoms. The monoisotopic (exact) mass is 481 g/mol. The van der Waals surface area contributed by atoms with Crippen molar-refractivity contribution in [3.63, 3.8) is 0 Å². The number of benzene rings is 2. The van der Waals surface area contributed by atoms with Gasteiger partial charge in [-0.2, -0.15) is 0 Å². The Labute approximate surface area is 204 Å². The van der Waals surface area contributed by atoms with Gasteiger partial charge in [0.25, 0.3) is 5.91 Å². The third kappa shape index (κ3) is 5.87. The summed E-state index contributed by atoms with van der Waals surface area (Å²) in [6, 6.07) is 13.5. The molecule has 0 fully saturated rings. The van der Waals surface area contributed by atoms with E-state index in [4.69, 9.17) is 9.72 Å². The fraction of sp³-hybridized carbons (Fsp3) is 0.346. The van der Waals surface area contributed by atoms with Crippen LogP contribution in [0.15, 0.2) is 47.4 Å². The molecule has 0 radical (unpaired) electrons. The Balaban J connectivity index is 1.93. The predicted molar refractivity (Wildman–Crippen MR) is 136 cm³/mol. The van der Waals surface area contributed by atoms with E-state index in [0.717, 1.165) is 33.0 Å². The summed E-state index contributed by atoms with van der Waals surface area (Å²) in [4.78, 5) is 30.1. The molecule has 34 heavy (non-hydrogen) atoms. The number of hydrogen-bond acceptors (Lipinski definition) is 5. The number of imidazole rings is 1. The molecule has 0 saturated carbocycles. The van der Waals surface area contributed by atoms with Crippen molar-refractivity contribution in [2.75, 3.05) is 19.0 Å². The van der Waals surface area contributed by atoms with Crippen molar-refractivity contribution in [3.05, 3.63) is 65.0 Å². The van der Waals surface area contributed by atoms with Crippen LogP contribution in [0.4, 0.5) is 5.69 Å². The molecular formula is C26H31N3O4S. The second-order valence-electron chi connectivity index (χ2n) is 8.79. The number of hydrogen-bond donors (Lipinski definition) is 2. The number of carbonyl (C=O) groups is 2. The first-order valence-electron chi connectivity index (χ1n) is 11.0. The summed E-state index contributed by atoms with van der Waals surface area (Å²) in [7, 11) is 1.63. The maximum Gasteiger partial charge on any atom is 0.319 e. The summed E-state index contributed by atoms with van der Waals surface area (Å²) < 4.78 is 6.31. The number of amides is 1. The highest BCUT2D eigenvalue weighted by atomic mass is 32.2. The number of thioether (sulfide) groups is 1. The van der Waals surface area contributed by atoms with Crippen molar-refractivity contribution in [2.24, 2.45) is 0 Å². The van der Waals surface area contributed by atoms with E-state index in [1.165, 1.54) is 11.8 Å². The fourth-order valence-electron chi connectivity index (χ4n) is 3.67. The van der Waals surface area contributed by atoms with Gasteiger partial charge in [0.05, 0.1) is 6.61 Å². The average molecular weight is 482 g/mol. The van der Waals surface area contributed by atoms with Gasteiger partial charge in [0.2, 0.25) is 0 Å². The summed E-state index contributed by atoms with van der Waals surface area (Å²) in [5.74, 6) is -0.476. The van der Waals surface area contributed by atoms with Crippen molar-refractivity contribution < 1.29 is 19.4 Å². The van der Waals surface area contributed by atoms with Gasteiger partial charge >= 0.3 is 5.97 Å². The number of carboxylic acid groups (broad SMARTS) is 1. The number of nitrogens with zero attached hydrogens (tertiary/aromatic N) is 2. The van der Waals surface area contributed by atoms with Gasteiger partial charge in [-0.1, -0.05) is 18.2 Å². The lowest BCUT2D eigenvalue weighted by Gasteiger charge is -2.18. The smallest absolute Gasteiger partial charge is 0.319 e. The van der Waals surface area contributed by atoms with Gasteiger partial charge in [-0.05, 0) is 70.0 Å². The summed E-state index contributed by atoms with van der Waals surface area (Å²) in [6.45, 7) is 10.2. The second kappa shape index (κ2) is 10.4. The van der Waals surface area contributed by atoms with Crippen molar-refractivity contribution in [1.29, 1.82) is 0 Å². The Morgan fingerprint density at radius 1 is 1.09 bits per heavy atom. The molecular weight excluding hydrogens is 450 g/mol. The van der Waals surface area contributed by atoms with E-state index in [-0.39, 0.29) is 5.91 Å². The van der Waals surface area contributed by atoms with Crippen LogP contribution in [0.3, 0.4) is 0 Å². The van der Waals surface area contributed by atoms with Crippen LogP contribution in [0.1, 0.15) is 41.2 Å². The summed E-state index contributed by atoms with van der Waals surface area (Å²) in [6.07, 6.45) is 0. The number of ether oxygens (including phenoxy) is 1. The van der Waals surface area contributed by atoms with Crippen molar-refractivity contribution in [1.82, 2.24) is 9.55 Å². The molecule has 8 heteroatoms. The van der Waals surface area contributed by atoms with Gasteiger partial charge in [0.15, 0.2) is 0 Å². The van der Waals surface area contributed by atoms with E-state index in [9.17, 15) is 14.7 Å². The van der Waals surface area contributed by atoms with Gasteiger partial charge < -0.3 is 19.7 Å². The minimum atomic E-state index is -0.936. The van der Waals surface area contributed by atoms with E-state index in [1.807, 2.05) is 61.7 Å². The van der Waals surface area contributed by atoms with E-state index in [1.54, 1.807) is 21.0 Å².